The zero-order valence-corrected chi connectivity index (χ0v) is 23.4. The van der Waals surface area contributed by atoms with Gasteiger partial charge in [-0.25, -0.2) is 0 Å². The fraction of sp³-hybridized carbons (Fsp3) is 0.500. The molecule has 0 unspecified atom stereocenters. The van der Waals surface area contributed by atoms with Gasteiger partial charge in [0.15, 0.2) is 0 Å². The molecule has 0 saturated heterocycles. The van der Waals surface area contributed by atoms with Gasteiger partial charge < -0.3 is 0 Å². The molecule has 0 aromatic heterocycles. The lowest BCUT2D eigenvalue weighted by molar-refractivity contribution is -0.406. The van der Waals surface area contributed by atoms with Crippen molar-refractivity contribution in [2.24, 2.45) is 0 Å². The van der Waals surface area contributed by atoms with Crippen LogP contribution in [0.5, 0.6) is 0 Å². The number of benzene rings is 2. The number of hydrogen-bond donors (Lipinski definition) is 0. The maximum Gasteiger partial charge on any atom is 0.289 e. The summed E-state index contributed by atoms with van der Waals surface area (Å²) in [7, 11) is 0. The van der Waals surface area contributed by atoms with Crippen LogP contribution in [0.1, 0.15) is 74.9 Å². The van der Waals surface area contributed by atoms with Crippen molar-refractivity contribution in [3.63, 3.8) is 0 Å². The summed E-state index contributed by atoms with van der Waals surface area (Å²) in [6, 6.07) is 1.49. The van der Waals surface area contributed by atoms with Crippen molar-refractivity contribution in [1.29, 1.82) is 0 Å². The second-order valence-corrected chi connectivity index (χ2v) is 11.0. The Balaban J connectivity index is 0.000000395. The van der Waals surface area contributed by atoms with E-state index in [1.54, 1.807) is 55.4 Å². The fourth-order valence-electron chi connectivity index (χ4n) is 4.58. The molecule has 15 heteroatoms. The first-order chi connectivity index (χ1) is 17.5. The highest BCUT2D eigenvalue weighted by atomic mass is 16.6. The average molecular weight is 550 g/mol. The molecule has 0 fully saturated rings. The minimum Gasteiger partial charge on any atom is -0.258 e. The van der Waals surface area contributed by atoms with E-state index in [4.69, 9.17) is 0 Å². The molecule has 0 saturated carbocycles. The zero-order valence-electron chi connectivity index (χ0n) is 23.4. The number of nitro benzene ring substituents is 5. The van der Waals surface area contributed by atoms with Crippen LogP contribution in [0.2, 0.25) is 0 Å². The molecular formula is C24H31N5O10. The highest BCUT2D eigenvalue weighted by Crippen LogP contribution is 2.47. The van der Waals surface area contributed by atoms with Gasteiger partial charge in [-0.2, -0.15) is 0 Å². The molecule has 0 aliphatic carbocycles. The van der Waals surface area contributed by atoms with Crippen molar-refractivity contribution < 1.29 is 24.6 Å². The van der Waals surface area contributed by atoms with Crippen molar-refractivity contribution in [2.75, 3.05) is 0 Å². The Morgan fingerprint density at radius 3 is 0.897 bits per heavy atom. The molecule has 0 amide bonds. The molecular weight excluding hydrogens is 518 g/mol. The Kier molecular flexibility index (Phi) is 9.20. The molecule has 2 rings (SSSR count). The summed E-state index contributed by atoms with van der Waals surface area (Å²) in [6.45, 7) is 15.7. The van der Waals surface area contributed by atoms with Crippen LogP contribution in [0.4, 0.5) is 28.4 Å². The summed E-state index contributed by atoms with van der Waals surface area (Å²) >= 11 is 0. The largest absolute Gasteiger partial charge is 0.289 e. The zero-order chi connectivity index (χ0) is 30.9. The van der Waals surface area contributed by atoms with E-state index in [0.29, 0.717) is 11.1 Å². The molecule has 0 N–H and O–H groups in total. The first-order valence-corrected chi connectivity index (χ1v) is 11.5. The topological polar surface area (TPSA) is 216 Å². The van der Waals surface area contributed by atoms with Gasteiger partial charge in [-0.1, -0.05) is 41.5 Å². The highest BCUT2D eigenvalue weighted by molar-refractivity contribution is 5.73. The first-order valence-electron chi connectivity index (χ1n) is 11.5. The number of nitro groups is 5. The molecule has 0 spiro atoms. The third kappa shape index (κ3) is 6.48. The lowest BCUT2D eigenvalue weighted by Crippen LogP contribution is -2.19. The monoisotopic (exact) mass is 549 g/mol. The van der Waals surface area contributed by atoms with Crippen LogP contribution in [-0.4, -0.2) is 24.6 Å². The van der Waals surface area contributed by atoms with Crippen LogP contribution in [0, 0.1) is 78.3 Å². The maximum atomic E-state index is 11.3. The Morgan fingerprint density at radius 1 is 0.462 bits per heavy atom. The van der Waals surface area contributed by atoms with Gasteiger partial charge in [0.1, 0.15) is 22.3 Å². The molecule has 0 radical (unpaired) electrons. The van der Waals surface area contributed by atoms with Crippen molar-refractivity contribution in [3.05, 3.63) is 90.0 Å². The van der Waals surface area contributed by atoms with Crippen molar-refractivity contribution in [2.45, 2.75) is 80.1 Å². The molecule has 0 aliphatic heterocycles. The Bertz CT molecular complexity index is 1320. The Morgan fingerprint density at radius 2 is 0.692 bits per heavy atom. The van der Waals surface area contributed by atoms with Gasteiger partial charge in [-0.05, 0) is 33.8 Å². The van der Waals surface area contributed by atoms with Gasteiger partial charge in [0, 0.05) is 22.0 Å². The predicted octanol–water partition coefficient (Wildman–Crippen LogP) is 6.74. The molecule has 0 bridgehead atoms. The van der Waals surface area contributed by atoms with Gasteiger partial charge in [0.25, 0.3) is 28.4 Å². The number of hydrogen-bond acceptors (Lipinski definition) is 10. The standard InChI is InChI=1S/C12H15N3O6.C12H16N2O4/c1-6-9(13(16)17)7(2)11(15(20)21)8(12(3,4)5)10(6)14(18)19;1-7-6-8(2)11(14(17)18)9(12(3,4)5)10(7)13(15)16/h1-5H3;6H,1-5H3. The third-order valence-electron chi connectivity index (χ3n) is 5.96. The van der Waals surface area contributed by atoms with E-state index in [9.17, 15) is 50.6 Å². The van der Waals surface area contributed by atoms with Crippen LogP contribution < -0.4 is 0 Å². The van der Waals surface area contributed by atoms with Gasteiger partial charge in [-0.3, -0.25) is 50.6 Å². The van der Waals surface area contributed by atoms with E-state index in [1.165, 1.54) is 19.9 Å². The molecule has 212 valence electrons. The molecule has 39 heavy (non-hydrogen) atoms. The highest BCUT2D eigenvalue weighted by Gasteiger charge is 2.42. The normalized spacial score (nSPS) is 11.3. The quantitative estimate of drug-likeness (QED) is 0.282. The summed E-state index contributed by atoms with van der Waals surface area (Å²) in [5.41, 5.74) is -2.93. The fourth-order valence-corrected chi connectivity index (χ4v) is 4.58. The predicted molar refractivity (Wildman–Crippen MR) is 143 cm³/mol. The van der Waals surface area contributed by atoms with E-state index in [0.717, 1.165) is 0 Å². The van der Waals surface area contributed by atoms with Crippen LogP contribution in [0.3, 0.4) is 0 Å². The van der Waals surface area contributed by atoms with Crippen LogP contribution in [0.15, 0.2) is 6.07 Å². The van der Waals surface area contributed by atoms with Crippen molar-refractivity contribution in [3.8, 4) is 0 Å². The lowest BCUT2D eigenvalue weighted by Gasteiger charge is -2.20. The number of nitrogens with zero attached hydrogens (tertiary/aromatic N) is 5. The first kappa shape index (κ1) is 32.5. The Hall–Kier alpha value is -4.56. The number of rotatable bonds is 5. The second-order valence-electron chi connectivity index (χ2n) is 11.0. The van der Waals surface area contributed by atoms with E-state index in [1.807, 2.05) is 0 Å². The third-order valence-corrected chi connectivity index (χ3v) is 5.96. The maximum absolute atomic E-state index is 11.3. The van der Waals surface area contributed by atoms with Gasteiger partial charge >= 0.3 is 0 Å². The van der Waals surface area contributed by atoms with Crippen LogP contribution in [-0.2, 0) is 10.8 Å². The summed E-state index contributed by atoms with van der Waals surface area (Å²) in [5, 5.41) is 56.1. The van der Waals surface area contributed by atoms with E-state index in [-0.39, 0.29) is 33.6 Å². The minimum atomic E-state index is -0.907. The molecule has 0 heterocycles. The van der Waals surface area contributed by atoms with E-state index < -0.39 is 52.5 Å². The smallest absolute Gasteiger partial charge is 0.258 e. The molecule has 2 aromatic rings. The van der Waals surface area contributed by atoms with Gasteiger partial charge in [0.05, 0.1) is 24.6 Å². The van der Waals surface area contributed by atoms with E-state index in [2.05, 4.69) is 0 Å². The van der Waals surface area contributed by atoms with Gasteiger partial charge in [-0.15, -0.1) is 0 Å². The summed E-state index contributed by atoms with van der Waals surface area (Å²) in [6.07, 6.45) is 0. The summed E-state index contributed by atoms with van der Waals surface area (Å²) in [4.78, 5) is 52.6. The molecule has 15 nitrogen and oxygen atoms in total. The number of aryl methyl sites for hydroxylation is 2. The summed E-state index contributed by atoms with van der Waals surface area (Å²) < 4.78 is 0. The molecule has 2 aromatic carbocycles. The lowest BCUT2D eigenvalue weighted by atomic mass is 9.81. The van der Waals surface area contributed by atoms with Crippen LogP contribution in [0.25, 0.3) is 0 Å². The summed E-state index contributed by atoms with van der Waals surface area (Å²) in [5.74, 6) is 0. The SMILES string of the molecule is Cc1c([N+](=O)[O-])c(C)c([N+](=O)[O-])c(C(C)(C)C)c1[N+](=O)[O-].Cc1cc(C)c([N+](=O)[O-])c(C(C)(C)C)c1[N+](=O)[O-]. The molecule has 0 aliphatic rings. The average Bonchev–Trinajstić information content (AvgIpc) is 2.70. The van der Waals surface area contributed by atoms with Gasteiger partial charge in [0.2, 0.25) is 0 Å². The van der Waals surface area contributed by atoms with E-state index >= 15 is 0 Å². The van der Waals surface area contributed by atoms with Crippen molar-refractivity contribution in [1.82, 2.24) is 0 Å². The minimum absolute atomic E-state index is 0.0990. The Labute approximate surface area is 223 Å². The second kappa shape index (κ2) is 11.0. The molecule has 0 atom stereocenters. The van der Waals surface area contributed by atoms with Crippen molar-refractivity contribution >= 4 is 28.4 Å². The van der Waals surface area contributed by atoms with Crippen LogP contribution >= 0.6 is 0 Å².